The largest absolute Gasteiger partial charge is 0.421 e. The lowest BCUT2D eigenvalue weighted by atomic mass is 10.1. The summed E-state index contributed by atoms with van der Waals surface area (Å²) in [4.78, 5) is 22.0. The molecule has 5 nitrogen and oxygen atoms in total. The van der Waals surface area contributed by atoms with Crippen molar-refractivity contribution < 1.29 is 53.5 Å². The molecule has 0 aliphatic carbocycles. The quantitative estimate of drug-likeness (QED) is 0.182. The highest BCUT2D eigenvalue weighted by atomic mass is 19.4. The number of nitriles is 1. The Kier molecular flexibility index (Phi) is 11.9. The third-order valence-electron chi connectivity index (χ3n) is 4.71. The summed E-state index contributed by atoms with van der Waals surface area (Å²) in [7, 11) is 0. The summed E-state index contributed by atoms with van der Waals surface area (Å²) in [5, 5.41) is 8.62. The number of rotatable bonds is 4. The number of amides is 1. The third-order valence-corrected chi connectivity index (χ3v) is 4.71. The highest BCUT2D eigenvalue weighted by molar-refractivity contribution is 5.95. The Morgan fingerprint density at radius 2 is 1.22 bits per heavy atom. The first kappa shape index (κ1) is 34.4. The summed E-state index contributed by atoms with van der Waals surface area (Å²) in [5.41, 5.74) is -1.62. The number of carbonyl (C=O) groups excluding carboxylic acids is 2. The standard InChI is InChI=1S/C16H8F7N3O.C8H5F3O.C2H6/c17-13-9(7-24)3-6-11(12(13)16(21,22)23)25-26-14(27)8-1-4-10(5-2-8)15(18,19)20;9-8(10,11)7-3-1-6(5-12)2-4-7;1-2/h1-6,25H,(H,26,27);1-5H;1-2H3. The molecule has 3 aromatic carbocycles. The van der Waals surface area contributed by atoms with E-state index in [1.807, 2.05) is 24.7 Å². The predicted molar refractivity (Wildman–Crippen MR) is 127 cm³/mol. The fourth-order valence-electron chi connectivity index (χ4n) is 2.80. The lowest BCUT2D eigenvalue weighted by Crippen LogP contribution is -2.31. The number of aldehydes is 1. The third kappa shape index (κ3) is 9.82. The molecular weight excluding hydrogens is 576 g/mol. The first-order valence-electron chi connectivity index (χ1n) is 11.1. The first-order valence-corrected chi connectivity index (χ1v) is 11.1. The zero-order valence-electron chi connectivity index (χ0n) is 20.9. The number of alkyl halides is 9. The van der Waals surface area contributed by atoms with Crippen molar-refractivity contribution in [2.24, 2.45) is 0 Å². The number of hydrogen-bond donors (Lipinski definition) is 2. The van der Waals surface area contributed by atoms with Crippen molar-refractivity contribution in [2.75, 3.05) is 5.43 Å². The minimum Gasteiger partial charge on any atom is -0.298 e. The van der Waals surface area contributed by atoms with Crippen LogP contribution in [0.25, 0.3) is 0 Å². The van der Waals surface area contributed by atoms with E-state index in [0.717, 1.165) is 48.5 Å². The minimum absolute atomic E-state index is 0.239. The van der Waals surface area contributed by atoms with E-state index >= 15 is 0 Å². The van der Waals surface area contributed by atoms with Gasteiger partial charge in [-0.15, -0.1) is 0 Å². The number of hydrogen-bond acceptors (Lipinski definition) is 4. The van der Waals surface area contributed by atoms with Crippen molar-refractivity contribution in [2.45, 2.75) is 32.4 Å². The first-order chi connectivity index (χ1) is 19.0. The molecule has 0 fully saturated rings. The second-order valence-corrected chi connectivity index (χ2v) is 7.35. The Hall–Kier alpha value is -4.61. The minimum atomic E-state index is -5.17. The van der Waals surface area contributed by atoms with Crippen LogP contribution in [0.5, 0.6) is 0 Å². The smallest absolute Gasteiger partial charge is 0.298 e. The van der Waals surface area contributed by atoms with E-state index in [1.54, 1.807) is 0 Å². The van der Waals surface area contributed by atoms with Crippen LogP contribution in [0.1, 0.15) is 56.8 Å². The predicted octanol–water partition coefficient (Wildman–Crippen LogP) is 8.04. The average molecular weight is 595 g/mol. The van der Waals surface area contributed by atoms with Crippen molar-refractivity contribution in [1.82, 2.24) is 5.43 Å². The van der Waals surface area contributed by atoms with Crippen LogP contribution in [-0.2, 0) is 18.5 Å². The molecular formula is C26H19F10N3O2. The fraction of sp³-hybridized carbons (Fsp3) is 0.192. The van der Waals surface area contributed by atoms with Gasteiger partial charge in [0.05, 0.1) is 22.4 Å². The van der Waals surface area contributed by atoms with E-state index in [-0.39, 0.29) is 11.1 Å². The van der Waals surface area contributed by atoms with Gasteiger partial charge in [-0.3, -0.25) is 20.4 Å². The van der Waals surface area contributed by atoms with Gasteiger partial charge in [0.1, 0.15) is 17.9 Å². The Labute approximate surface area is 226 Å². The maximum absolute atomic E-state index is 13.8. The summed E-state index contributed by atoms with van der Waals surface area (Å²) < 4.78 is 126. The van der Waals surface area contributed by atoms with Crippen LogP contribution in [0, 0.1) is 17.1 Å². The highest BCUT2D eigenvalue weighted by Crippen LogP contribution is 2.37. The number of nitrogens with one attached hydrogen (secondary N) is 2. The molecule has 15 heteroatoms. The zero-order chi connectivity index (χ0) is 31.6. The molecule has 0 saturated heterocycles. The number of hydrazine groups is 1. The van der Waals surface area contributed by atoms with Crippen LogP contribution in [-0.4, -0.2) is 12.2 Å². The van der Waals surface area contributed by atoms with Crippen molar-refractivity contribution in [3.63, 3.8) is 0 Å². The van der Waals surface area contributed by atoms with Gasteiger partial charge in [-0.25, -0.2) is 4.39 Å². The summed E-state index contributed by atoms with van der Waals surface area (Å²) in [5.74, 6) is -2.87. The molecule has 3 aromatic rings. The summed E-state index contributed by atoms with van der Waals surface area (Å²) in [6.45, 7) is 4.00. The Balaban J connectivity index is 0.000000500. The van der Waals surface area contributed by atoms with Crippen LogP contribution in [0.15, 0.2) is 60.7 Å². The van der Waals surface area contributed by atoms with Gasteiger partial charge in [0.2, 0.25) is 0 Å². The molecule has 3 rings (SSSR count). The van der Waals surface area contributed by atoms with Gasteiger partial charge in [0.15, 0.2) is 5.82 Å². The number of carbonyl (C=O) groups is 2. The van der Waals surface area contributed by atoms with Gasteiger partial charge in [-0.1, -0.05) is 26.0 Å². The van der Waals surface area contributed by atoms with E-state index in [9.17, 15) is 53.5 Å². The van der Waals surface area contributed by atoms with Crippen LogP contribution < -0.4 is 10.9 Å². The lowest BCUT2D eigenvalue weighted by Gasteiger charge is -2.16. The normalized spacial score (nSPS) is 11.1. The van der Waals surface area contributed by atoms with E-state index in [4.69, 9.17) is 5.26 Å². The molecule has 0 atom stereocenters. The van der Waals surface area contributed by atoms with Gasteiger partial charge in [0, 0.05) is 11.1 Å². The van der Waals surface area contributed by atoms with Gasteiger partial charge in [-0.2, -0.15) is 44.8 Å². The summed E-state index contributed by atoms with van der Waals surface area (Å²) in [6, 6.07) is 9.69. The number of nitrogens with zero attached hydrogens (tertiary/aromatic N) is 1. The van der Waals surface area contributed by atoms with Crippen molar-refractivity contribution in [3.8, 4) is 6.07 Å². The summed E-state index contributed by atoms with van der Waals surface area (Å²) in [6.07, 6.45) is -13.6. The molecule has 0 bridgehead atoms. The Morgan fingerprint density at radius 3 is 1.61 bits per heavy atom. The Bertz CT molecular complexity index is 1360. The van der Waals surface area contributed by atoms with Crippen molar-refractivity contribution >= 4 is 17.9 Å². The molecule has 1 amide bonds. The van der Waals surface area contributed by atoms with Gasteiger partial charge in [0.25, 0.3) is 5.91 Å². The molecule has 220 valence electrons. The monoisotopic (exact) mass is 595 g/mol. The Morgan fingerprint density at radius 1 is 0.756 bits per heavy atom. The van der Waals surface area contributed by atoms with Crippen LogP contribution in [0.4, 0.5) is 49.6 Å². The molecule has 0 unspecified atom stereocenters. The van der Waals surface area contributed by atoms with Gasteiger partial charge < -0.3 is 0 Å². The lowest BCUT2D eigenvalue weighted by molar-refractivity contribution is -0.139. The molecule has 0 aliphatic heterocycles. The number of benzene rings is 3. The van der Waals surface area contributed by atoms with Crippen LogP contribution in [0.2, 0.25) is 0 Å². The fourth-order valence-corrected chi connectivity index (χ4v) is 2.80. The molecule has 0 spiro atoms. The second-order valence-electron chi connectivity index (χ2n) is 7.35. The molecule has 0 heterocycles. The van der Waals surface area contributed by atoms with Crippen molar-refractivity contribution in [1.29, 1.82) is 5.26 Å². The van der Waals surface area contributed by atoms with E-state index in [0.29, 0.717) is 18.4 Å². The molecule has 41 heavy (non-hydrogen) atoms. The molecule has 0 saturated carbocycles. The topological polar surface area (TPSA) is 82.0 Å². The molecule has 0 radical (unpaired) electrons. The maximum Gasteiger partial charge on any atom is 0.421 e. The molecule has 0 aromatic heterocycles. The van der Waals surface area contributed by atoms with E-state index in [2.05, 4.69) is 0 Å². The van der Waals surface area contributed by atoms with E-state index < -0.39 is 58.2 Å². The highest BCUT2D eigenvalue weighted by Gasteiger charge is 2.38. The SMILES string of the molecule is CC.N#Cc1ccc(NNC(=O)c2ccc(C(F)(F)F)cc2)c(C(F)(F)F)c1F.O=Cc1ccc(C(F)(F)F)cc1. The second kappa shape index (κ2) is 14.1. The number of anilines is 1. The zero-order valence-corrected chi connectivity index (χ0v) is 20.9. The summed E-state index contributed by atoms with van der Waals surface area (Å²) >= 11 is 0. The molecule has 2 N–H and O–H groups in total. The van der Waals surface area contributed by atoms with Crippen LogP contribution >= 0.6 is 0 Å². The maximum atomic E-state index is 13.8. The van der Waals surface area contributed by atoms with Gasteiger partial charge in [-0.05, 0) is 48.5 Å². The van der Waals surface area contributed by atoms with Gasteiger partial charge >= 0.3 is 18.5 Å². The average Bonchev–Trinajstić information content (AvgIpc) is 2.91. The molecule has 0 aliphatic rings. The number of halogens is 10. The van der Waals surface area contributed by atoms with Crippen molar-refractivity contribution in [3.05, 3.63) is 99.9 Å². The van der Waals surface area contributed by atoms with E-state index in [1.165, 1.54) is 6.07 Å². The van der Waals surface area contributed by atoms with Crippen LogP contribution in [0.3, 0.4) is 0 Å².